The number of hydrogen-bond donors (Lipinski definition) is 2. The molecule has 0 aliphatic rings. The minimum Gasteiger partial charge on any atom is -0.437 e. The maximum absolute atomic E-state index is 12.9. The summed E-state index contributed by atoms with van der Waals surface area (Å²) in [6.07, 6.45) is 1.81. The number of hydrogen-bond acceptors (Lipinski definition) is 4. The summed E-state index contributed by atoms with van der Waals surface area (Å²) in [5.74, 6) is -0.451. The van der Waals surface area contributed by atoms with E-state index in [1.54, 1.807) is 13.0 Å². The third kappa shape index (κ3) is 4.10. The highest BCUT2D eigenvalue weighted by atomic mass is 19.1. The molecule has 2 atom stereocenters. The molecule has 2 aromatic carbocycles. The Morgan fingerprint density at radius 2 is 1.96 bits per heavy atom. The number of aliphatic hydroxyl groups is 1. The number of nitrogens with zero attached hydrogens (tertiary/aromatic N) is 1. The predicted octanol–water partition coefficient (Wildman–Crippen LogP) is 3.22. The Bertz CT molecular complexity index is 869. The van der Waals surface area contributed by atoms with E-state index in [-0.39, 0.29) is 5.82 Å². The molecule has 0 fully saturated rings. The molecule has 1 amide bonds. The number of carbonyl (C=O) groups excluding carboxylic acids is 1. The lowest BCUT2D eigenvalue weighted by Crippen LogP contribution is -2.36. The van der Waals surface area contributed by atoms with Gasteiger partial charge in [-0.1, -0.05) is 24.3 Å². The smallest absolute Gasteiger partial charge is 0.244 e. The van der Waals surface area contributed by atoms with Gasteiger partial charge in [-0.05, 0) is 36.8 Å². The second-order valence-electron chi connectivity index (χ2n) is 5.65. The first-order chi connectivity index (χ1) is 12.0. The van der Waals surface area contributed by atoms with Crippen molar-refractivity contribution >= 4 is 23.1 Å². The molecule has 3 rings (SSSR count). The van der Waals surface area contributed by atoms with Crippen molar-refractivity contribution in [2.24, 2.45) is 0 Å². The first-order valence-corrected chi connectivity index (χ1v) is 7.80. The maximum atomic E-state index is 12.9. The molecule has 0 saturated heterocycles. The summed E-state index contributed by atoms with van der Waals surface area (Å²) in [4.78, 5) is 16.2. The molecule has 2 N–H and O–H groups in total. The standard InChI is InChI=1S/C19H17FN2O3/c1-12(19(24)13-6-8-14(20)9-7-13)21-17(23)10-11-18-22-15-4-2-3-5-16(15)25-18/h2-12,19,24H,1H3,(H,21,23)/b11-10+. The van der Waals surface area contributed by atoms with Crippen LogP contribution in [0.15, 0.2) is 59.0 Å². The van der Waals surface area contributed by atoms with Crippen LogP contribution in [0.4, 0.5) is 4.39 Å². The number of rotatable bonds is 5. The van der Waals surface area contributed by atoms with Crippen LogP contribution in [-0.2, 0) is 4.79 Å². The van der Waals surface area contributed by atoms with E-state index in [0.29, 0.717) is 22.6 Å². The summed E-state index contributed by atoms with van der Waals surface area (Å²) < 4.78 is 18.4. The Labute approximate surface area is 143 Å². The first-order valence-electron chi connectivity index (χ1n) is 7.80. The van der Waals surface area contributed by atoms with Crippen LogP contribution in [0.1, 0.15) is 24.5 Å². The Morgan fingerprint density at radius 1 is 1.24 bits per heavy atom. The molecule has 2 unspecified atom stereocenters. The summed E-state index contributed by atoms with van der Waals surface area (Å²) in [7, 11) is 0. The van der Waals surface area contributed by atoms with Gasteiger partial charge in [0.15, 0.2) is 5.58 Å². The molecule has 0 aliphatic heterocycles. The van der Waals surface area contributed by atoms with E-state index in [1.807, 2.05) is 18.2 Å². The van der Waals surface area contributed by atoms with Crippen molar-refractivity contribution < 1.29 is 18.7 Å². The van der Waals surface area contributed by atoms with E-state index in [2.05, 4.69) is 10.3 Å². The molecule has 1 heterocycles. The Balaban J connectivity index is 1.62. The number of aliphatic hydroxyl groups excluding tert-OH is 1. The van der Waals surface area contributed by atoms with Crippen LogP contribution >= 0.6 is 0 Å². The Morgan fingerprint density at radius 3 is 2.68 bits per heavy atom. The minimum absolute atomic E-state index is 0.322. The molecule has 1 aromatic heterocycles. The molecule has 0 saturated carbocycles. The van der Waals surface area contributed by atoms with Crippen LogP contribution in [0.25, 0.3) is 17.2 Å². The fourth-order valence-corrected chi connectivity index (χ4v) is 2.41. The van der Waals surface area contributed by atoms with Gasteiger partial charge in [-0.2, -0.15) is 0 Å². The predicted molar refractivity (Wildman–Crippen MR) is 92.0 cm³/mol. The van der Waals surface area contributed by atoms with E-state index < -0.39 is 18.1 Å². The molecular weight excluding hydrogens is 323 g/mol. The lowest BCUT2D eigenvalue weighted by atomic mass is 10.0. The molecule has 25 heavy (non-hydrogen) atoms. The van der Waals surface area contributed by atoms with Crippen LogP contribution in [0.5, 0.6) is 0 Å². The maximum Gasteiger partial charge on any atom is 0.244 e. The second-order valence-corrected chi connectivity index (χ2v) is 5.65. The molecule has 128 valence electrons. The Kier molecular flexibility index (Phi) is 4.90. The number of aromatic nitrogens is 1. The van der Waals surface area contributed by atoms with Crippen molar-refractivity contribution in [1.29, 1.82) is 0 Å². The zero-order valence-corrected chi connectivity index (χ0v) is 13.5. The van der Waals surface area contributed by atoms with Gasteiger partial charge in [0.2, 0.25) is 11.8 Å². The number of para-hydroxylation sites is 2. The van der Waals surface area contributed by atoms with E-state index in [0.717, 1.165) is 0 Å². The van der Waals surface area contributed by atoms with Crippen molar-refractivity contribution in [3.05, 3.63) is 71.9 Å². The number of nitrogens with one attached hydrogen (secondary N) is 1. The normalized spacial score (nSPS) is 13.9. The molecule has 0 aliphatic carbocycles. The van der Waals surface area contributed by atoms with Gasteiger partial charge in [0, 0.05) is 12.2 Å². The van der Waals surface area contributed by atoms with Crippen LogP contribution in [-0.4, -0.2) is 22.0 Å². The molecular formula is C19H17FN2O3. The highest BCUT2D eigenvalue weighted by Gasteiger charge is 2.17. The van der Waals surface area contributed by atoms with Gasteiger partial charge in [-0.15, -0.1) is 0 Å². The van der Waals surface area contributed by atoms with Gasteiger partial charge < -0.3 is 14.8 Å². The molecule has 0 bridgehead atoms. The summed E-state index contributed by atoms with van der Waals surface area (Å²) in [5.41, 5.74) is 1.88. The fourth-order valence-electron chi connectivity index (χ4n) is 2.41. The average Bonchev–Trinajstić information content (AvgIpc) is 3.03. The van der Waals surface area contributed by atoms with Crippen molar-refractivity contribution in [2.45, 2.75) is 19.1 Å². The number of oxazole rings is 1. The van der Waals surface area contributed by atoms with Gasteiger partial charge >= 0.3 is 0 Å². The fraction of sp³-hybridized carbons (Fsp3) is 0.158. The largest absolute Gasteiger partial charge is 0.437 e. The molecule has 5 nitrogen and oxygen atoms in total. The van der Waals surface area contributed by atoms with Gasteiger partial charge in [0.1, 0.15) is 11.3 Å². The van der Waals surface area contributed by atoms with Crippen molar-refractivity contribution in [3.63, 3.8) is 0 Å². The minimum atomic E-state index is -0.942. The van der Waals surface area contributed by atoms with Crippen molar-refractivity contribution in [3.8, 4) is 0 Å². The van der Waals surface area contributed by atoms with Crippen molar-refractivity contribution in [2.75, 3.05) is 0 Å². The lowest BCUT2D eigenvalue weighted by Gasteiger charge is -2.19. The molecule has 3 aromatic rings. The number of benzene rings is 2. The third-order valence-corrected chi connectivity index (χ3v) is 3.74. The van der Waals surface area contributed by atoms with E-state index in [4.69, 9.17) is 4.42 Å². The van der Waals surface area contributed by atoms with E-state index >= 15 is 0 Å². The molecule has 0 radical (unpaired) electrons. The van der Waals surface area contributed by atoms with Crippen LogP contribution in [0, 0.1) is 5.82 Å². The van der Waals surface area contributed by atoms with E-state index in [1.165, 1.54) is 36.4 Å². The topological polar surface area (TPSA) is 75.4 Å². The monoisotopic (exact) mass is 340 g/mol. The molecule has 0 spiro atoms. The summed E-state index contributed by atoms with van der Waals surface area (Å²) in [6.45, 7) is 1.67. The summed E-state index contributed by atoms with van der Waals surface area (Å²) >= 11 is 0. The van der Waals surface area contributed by atoms with E-state index in [9.17, 15) is 14.3 Å². The highest BCUT2D eigenvalue weighted by Crippen LogP contribution is 2.18. The van der Waals surface area contributed by atoms with Gasteiger partial charge in [0.05, 0.1) is 12.1 Å². The zero-order valence-electron chi connectivity index (χ0n) is 13.5. The van der Waals surface area contributed by atoms with Gasteiger partial charge in [0.25, 0.3) is 0 Å². The van der Waals surface area contributed by atoms with Gasteiger partial charge in [-0.25, -0.2) is 9.37 Å². The van der Waals surface area contributed by atoms with Gasteiger partial charge in [-0.3, -0.25) is 4.79 Å². The number of amides is 1. The molecule has 6 heteroatoms. The zero-order chi connectivity index (χ0) is 17.8. The van der Waals surface area contributed by atoms with Crippen LogP contribution in [0.3, 0.4) is 0 Å². The lowest BCUT2D eigenvalue weighted by molar-refractivity contribution is -0.117. The quantitative estimate of drug-likeness (QED) is 0.699. The highest BCUT2D eigenvalue weighted by molar-refractivity contribution is 5.91. The summed E-state index contributed by atoms with van der Waals surface area (Å²) in [5, 5.41) is 12.9. The third-order valence-electron chi connectivity index (χ3n) is 3.74. The number of carbonyl (C=O) groups is 1. The Hall–Kier alpha value is -2.99. The SMILES string of the molecule is CC(NC(=O)/C=C/c1nc2ccccc2o1)C(O)c1ccc(F)cc1. The van der Waals surface area contributed by atoms with Crippen molar-refractivity contribution in [1.82, 2.24) is 10.3 Å². The number of fused-ring (bicyclic) bond motifs is 1. The van der Waals surface area contributed by atoms with Crippen LogP contribution < -0.4 is 5.32 Å². The second kappa shape index (κ2) is 7.27. The first kappa shape index (κ1) is 16.9. The van der Waals surface area contributed by atoms with Crippen LogP contribution in [0.2, 0.25) is 0 Å². The summed E-state index contributed by atoms with van der Waals surface area (Å²) in [6, 6.07) is 12.2. The average molecular weight is 340 g/mol. The number of halogens is 1.